The maximum absolute atomic E-state index is 12.7. The van der Waals surface area contributed by atoms with Crippen molar-refractivity contribution in [3.63, 3.8) is 0 Å². The number of hydrogen-bond acceptors (Lipinski definition) is 5. The Morgan fingerprint density at radius 2 is 1.80 bits per heavy atom. The third-order valence-electron chi connectivity index (χ3n) is 4.35. The van der Waals surface area contributed by atoms with Gasteiger partial charge < -0.3 is 5.32 Å². The predicted octanol–water partition coefficient (Wildman–Crippen LogP) is 3.69. The Hall–Kier alpha value is -2.36. The number of aryl methyl sites for hydroxylation is 1. The van der Waals surface area contributed by atoms with Gasteiger partial charge in [0, 0.05) is 23.7 Å². The second-order valence-corrected chi connectivity index (χ2v) is 9.82. The van der Waals surface area contributed by atoms with Gasteiger partial charge in [0.2, 0.25) is 11.8 Å². The van der Waals surface area contributed by atoms with E-state index < -0.39 is 15.3 Å². The van der Waals surface area contributed by atoms with Gasteiger partial charge in [0.25, 0.3) is 10.0 Å². The summed E-state index contributed by atoms with van der Waals surface area (Å²) in [5.41, 5.74) is 1.70. The van der Waals surface area contributed by atoms with Gasteiger partial charge in [-0.1, -0.05) is 41.1 Å². The van der Waals surface area contributed by atoms with E-state index in [0.29, 0.717) is 10.7 Å². The number of sulfonamides is 1. The summed E-state index contributed by atoms with van der Waals surface area (Å²) in [6, 6.07) is 12.9. The molecule has 1 N–H and O–H groups in total. The Morgan fingerprint density at radius 1 is 1.17 bits per heavy atom. The van der Waals surface area contributed by atoms with Gasteiger partial charge in [-0.3, -0.25) is 14.5 Å². The quantitative estimate of drug-likeness (QED) is 0.701. The molecule has 1 saturated heterocycles. The van der Waals surface area contributed by atoms with E-state index in [1.807, 2.05) is 19.1 Å². The van der Waals surface area contributed by atoms with Crippen LogP contribution in [0.25, 0.3) is 0 Å². The summed E-state index contributed by atoms with van der Waals surface area (Å²) in [4.78, 5) is 26.3. The maximum Gasteiger partial charge on any atom is 0.284 e. The zero-order chi connectivity index (χ0) is 21.9. The van der Waals surface area contributed by atoms with Crippen LogP contribution >= 0.6 is 23.4 Å². The summed E-state index contributed by atoms with van der Waals surface area (Å²) in [5, 5.41) is 2.47. The van der Waals surface area contributed by atoms with Crippen molar-refractivity contribution in [2.45, 2.75) is 30.4 Å². The van der Waals surface area contributed by atoms with Gasteiger partial charge in [0.15, 0.2) is 5.17 Å². The maximum atomic E-state index is 12.7. The highest BCUT2D eigenvalue weighted by atomic mass is 35.5. The molecule has 1 aliphatic rings. The Bertz CT molecular complexity index is 1080. The van der Waals surface area contributed by atoms with Gasteiger partial charge in [-0.2, -0.15) is 8.42 Å². The average molecular weight is 466 g/mol. The lowest BCUT2D eigenvalue weighted by atomic mass is 10.2. The molecule has 10 heteroatoms. The number of carbonyl (C=O) groups excluding carboxylic acids is 2. The number of halogens is 1. The highest BCUT2D eigenvalue weighted by Gasteiger charge is 2.39. The van der Waals surface area contributed by atoms with Crippen molar-refractivity contribution in [3.8, 4) is 0 Å². The average Bonchev–Trinajstić information content (AvgIpc) is 2.97. The van der Waals surface area contributed by atoms with Crippen LogP contribution in [0.5, 0.6) is 0 Å². The van der Waals surface area contributed by atoms with Crippen molar-refractivity contribution in [1.82, 2.24) is 4.90 Å². The molecule has 1 atom stereocenters. The highest BCUT2D eigenvalue weighted by Crippen LogP contribution is 2.31. The van der Waals surface area contributed by atoms with E-state index in [-0.39, 0.29) is 34.8 Å². The lowest BCUT2D eigenvalue weighted by Crippen LogP contribution is -2.33. The van der Waals surface area contributed by atoms with Crippen molar-refractivity contribution >= 4 is 56.1 Å². The molecule has 0 unspecified atom stereocenters. The fourth-order valence-corrected chi connectivity index (χ4v) is 5.33. The summed E-state index contributed by atoms with van der Waals surface area (Å²) in [7, 11) is -4.02. The van der Waals surface area contributed by atoms with Crippen LogP contribution in [0.2, 0.25) is 5.02 Å². The lowest BCUT2D eigenvalue weighted by molar-refractivity contribution is -0.128. The molecule has 3 rings (SSSR count). The number of thioether (sulfide) groups is 1. The van der Waals surface area contributed by atoms with Crippen LogP contribution < -0.4 is 5.32 Å². The van der Waals surface area contributed by atoms with Gasteiger partial charge in [0.05, 0.1) is 4.90 Å². The van der Waals surface area contributed by atoms with Crippen LogP contribution in [-0.2, 0) is 19.6 Å². The fraction of sp³-hybridized carbons (Fsp3) is 0.250. The van der Waals surface area contributed by atoms with Gasteiger partial charge >= 0.3 is 0 Å². The molecule has 1 fully saturated rings. The first-order valence-corrected chi connectivity index (χ1v) is 11.8. The first-order valence-electron chi connectivity index (χ1n) is 9.14. The van der Waals surface area contributed by atoms with Gasteiger partial charge in [0.1, 0.15) is 5.25 Å². The first kappa shape index (κ1) is 22.3. The molecule has 0 aliphatic carbocycles. The normalized spacial score (nSPS) is 18.1. The molecule has 7 nitrogen and oxygen atoms in total. The molecule has 0 saturated carbocycles. The third-order valence-corrected chi connectivity index (χ3v) is 7.18. The third kappa shape index (κ3) is 5.21. The van der Waals surface area contributed by atoms with Crippen molar-refractivity contribution in [1.29, 1.82) is 0 Å². The molecule has 1 aliphatic heterocycles. The van der Waals surface area contributed by atoms with Crippen molar-refractivity contribution in [3.05, 3.63) is 59.1 Å². The van der Waals surface area contributed by atoms with Gasteiger partial charge in [-0.15, -0.1) is 4.40 Å². The number of carbonyl (C=O) groups is 2. The minimum atomic E-state index is -4.02. The minimum absolute atomic E-state index is 0.0240. The molecular weight excluding hydrogens is 446 g/mol. The summed E-state index contributed by atoms with van der Waals surface area (Å²) >= 11 is 6.78. The summed E-state index contributed by atoms with van der Waals surface area (Å²) in [6.07, 6.45) is -0.0894. The minimum Gasteiger partial charge on any atom is -0.326 e. The number of nitrogens with zero attached hydrogens (tertiary/aromatic N) is 2. The number of hydrogen-bond donors (Lipinski definition) is 1. The van der Waals surface area contributed by atoms with Crippen molar-refractivity contribution in [2.24, 2.45) is 4.40 Å². The molecule has 0 bridgehead atoms. The highest BCUT2D eigenvalue weighted by molar-refractivity contribution is 8.16. The molecule has 2 aromatic carbocycles. The van der Waals surface area contributed by atoms with Crippen LogP contribution in [0.15, 0.2) is 57.8 Å². The van der Waals surface area contributed by atoms with Crippen LogP contribution in [-0.4, -0.2) is 42.1 Å². The Balaban J connectivity index is 1.75. The molecule has 2 aromatic rings. The van der Waals surface area contributed by atoms with Gasteiger partial charge in [-0.25, -0.2) is 0 Å². The zero-order valence-electron chi connectivity index (χ0n) is 16.3. The number of nitrogens with one attached hydrogen (secondary N) is 1. The number of anilines is 1. The van der Waals surface area contributed by atoms with Gasteiger partial charge in [-0.05, 0) is 50.2 Å². The number of benzene rings is 2. The number of amidine groups is 1. The number of amides is 2. The molecule has 0 aromatic heterocycles. The lowest BCUT2D eigenvalue weighted by Gasteiger charge is -2.13. The van der Waals surface area contributed by atoms with Crippen molar-refractivity contribution in [2.75, 3.05) is 11.9 Å². The SMILES string of the molecule is CCN1C(=O)[C@@H](CC(=O)Nc2ccc(C)cc2)SC1=NS(=O)(=O)c1ccc(Cl)cc1. The Morgan fingerprint density at radius 3 is 2.40 bits per heavy atom. The molecule has 1 heterocycles. The molecular formula is C20H20ClN3O4S2. The van der Waals surface area contributed by atoms with E-state index in [9.17, 15) is 18.0 Å². The number of rotatable bonds is 6. The Kier molecular flexibility index (Phi) is 6.84. The zero-order valence-corrected chi connectivity index (χ0v) is 18.7. The molecule has 2 amide bonds. The van der Waals surface area contributed by atoms with E-state index >= 15 is 0 Å². The molecule has 0 spiro atoms. The molecule has 0 radical (unpaired) electrons. The smallest absolute Gasteiger partial charge is 0.284 e. The van der Waals surface area contributed by atoms with Crippen LogP contribution in [0.3, 0.4) is 0 Å². The van der Waals surface area contributed by atoms with Crippen molar-refractivity contribution < 1.29 is 18.0 Å². The molecule has 30 heavy (non-hydrogen) atoms. The largest absolute Gasteiger partial charge is 0.326 e. The second-order valence-electron chi connectivity index (χ2n) is 6.61. The van der Waals surface area contributed by atoms with E-state index in [1.54, 1.807) is 19.1 Å². The Labute approximate surface area is 184 Å². The predicted molar refractivity (Wildman–Crippen MR) is 119 cm³/mol. The van der Waals surface area contributed by atoms with E-state index in [1.165, 1.54) is 29.2 Å². The second kappa shape index (κ2) is 9.20. The van der Waals surface area contributed by atoms with Crippen LogP contribution in [0.4, 0.5) is 5.69 Å². The monoisotopic (exact) mass is 465 g/mol. The molecule has 158 valence electrons. The summed E-state index contributed by atoms with van der Waals surface area (Å²) in [5.74, 6) is -0.672. The standard InChI is InChI=1S/C20H20ClN3O4S2/c1-3-24-19(26)17(12-18(25)22-15-8-4-13(2)5-9-15)29-20(24)23-30(27,28)16-10-6-14(21)7-11-16/h4-11,17H,3,12H2,1-2H3,(H,22,25)/t17-/m1/s1. The van der Waals surface area contributed by atoms with E-state index in [0.717, 1.165) is 17.3 Å². The summed E-state index contributed by atoms with van der Waals surface area (Å²) < 4.78 is 29.1. The topological polar surface area (TPSA) is 95.9 Å². The first-order chi connectivity index (χ1) is 14.2. The van der Waals surface area contributed by atoms with E-state index in [2.05, 4.69) is 9.71 Å². The fourth-order valence-electron chi connectivity index (χ4n) is 2.78. The summed E-state index contributed by atoms with van der Waals surface area (Å²) in [6.45, 7) is 3.91. The van der Waals surface area contributed by atoms with Crippen LogP contribution in [0, 0.1) is 6.92 Å². The van der Waals surface area contributed by atoms with E-state index in [4.69, 9.17) is 11.6 Å². The van der Waals surface area contributed by atoms with Crippen LogP contribution in [0.1, 0.15) is 18.9 Å².